The fraction of sp³-hybridized carbons (Fsp3) is 0.206. The summed E-state index contributed by atoms with van der Waals surface area (Å²) in [7, 11) is 1.57. The van der Waals surface area contributed by atoms with E-state index in [2.05, 4.69) is 4.98 Å². The van der Waals surface area contributed by atoms with Crippen molar-refractivity contribution in [3.8, 4) is 5.75 Å². The van der Waals surface area contributed by atoms with E-state index in [-0.39, 0.29) is 34.9 Å². The number of fused-ring (bicyclic) bond motifs is 1. The van der Waals surface area contributed by atoms with Crippen LogP contribution in [0, 0.1) is 12.8 Å². The van der Waals surface area contributed by atoms with Gasteiger partial charge in [-0.3, -0.25) is 28.6 Å². The molecule has 5 aromatic rings. The van der Waals surface area contributed by atoms with Gasteiger partial charge in [-0.15, -0.1) is 11.3 Å². The summed E-state index contributed by atoms with van der Waals surface area (Å²) in [6, 6.07) is 19.9. The average molecular weight is 592 g/mol. The van der Waals surface area contributed by atoms with Gasteiger partial charge in [0.15, 0.2) is 5.13 Å². The molecule has 2 aromatic heterocycles. The third-order valence-electron chi connectivity index (χ3n) is 7.78. The van der Waals surface area contributed by atoms with Gasteiger partial charge in [0.25, 0.3) is 5.91 Å². The number of ketones is 2. The molecule has 0 bridgehead atoms. The van der Waals surface area contributed by atoms with Crippen molar-refractivity contribution in [3.63, 3.8) is 0 Å². The molecule has 0 saturated heterocycles. The number of hydrogen-bond acceptors (Lipinski definition) is 7. The van der Waals surface area contributed by atoms with Crippen molar-refractivity contribution < 1.29 is 23.9 Å². The zero-order chi connectivity index (χ0) is 30.1. The number of Topliss-reactive ketones (excluding diaryl/α,β-unsaturated/α-hetero) is 2. The molecule has 1 aliphatic carbocycles. The largest absolute Gasteiger partial charge is 0.497 e. The molecule has 1 amide bonds. The van der Waals surface area contributed by atoms with Crippen molar-refractivity contribution >= 4 is 50.8 Å². The predicted octanol–water partition coefficient (Wildman–Crippen LogP) is 6.15. The summed E-state index contributed by atoms with van der Waals surface area (Å²) in [5.74, 6) is -0.719. The van der Waals surface area contributed by atoms with Gasteiger partial charge in [-0.2, -0.15) is 0 Å². The quantitative estimate of drug-likeness (QED) is 0.143. The second kappa shape index (κ2) is 11.8. The van der Waals surface area contributed by atoms with Crippen molar-refractivity contribution in [1.29, 1.82) is 0 Å². The molecule has 0 unspecified atom stereocenters. The number of ether oxygens (including phenoxy) is 1. The highest BCUT2D eigenvalue weighted by molar-refractivity contribution is 7.13. The SMILES string of the molecule is COc1ccc2c(c1)c(CC(=O)N(CC1CC1)c1nccs1)c(C)n2C(=O)c1cccc(C(=O)C(=O)c2ccccc2)c1. The highest BCUT2D eigenvalue weighted by Crippen LogP contribution is 2.34. The number of aromatic nitrogens is 2. The van der Waals surface area contributed by atoms with Gasteiger partial charge >= 0.3 is 0 Å². The molecule has 43 heavy (non-hydrogen) atoms. The van der Waals surface area contributed by atoms with E-state index >= 15 is 0 Å². The second-order valence-corrected chi connectivity index (χ2v) is 11.5. The molecule has 3 aromatic carbocycles. The van der Waals surface area contributed by atoms with Gasteiger partial charge in [-0.05, 0) is 61.6 Å². The van der Waals surface area contributed by atoms with E-state index in [0.717, 1.165) is 23.8 Å². The molecule has 2 heterocycles. The van der Waals surface area contributed by atoms with Crippen molar-refractivity contribution in [2.75, 3.05) is 18.6 Å². The number of hydrogen-bond donors (Lipinski definition) is 0. The Morgan fingerprint density at radius 3 is 2.35 bits per heavy atom. The first kappa shape index (κ1) is 28.2. The van der Waals surface area contributed by atoms with Gasteiger partial charge in [0.05, 0.1) is 19.0 Å². The summed E-state index contributed by atoms with van der Waals surface area (Å²) in [5, 5.41) is 3.25. The number of nitrogens with zero attached hydrogens (tertiary/aromatic N) is 3. The van der Waals surface area contributed by atoms with Crippen LogP contribution in [0.25, 0.3) is 10.9 Å². The Hall–Kier alpha value is -4.89. The van der Waals surface area contributed by atoms with E-state index in [4.69, 9.17) is 4.74 Å². The zero-order valence-electron chi connectivity index (χ0n) is 23.8. The molecule has 0 N–H and O–H groups in total. The summed E-state index contributed by atoms with van der Waals surface area (Å²) in [4.78, 5) is 59.8. The zero-order valence-corrected chi connectivity index (χ0v) is 24.6. The molecular weight excluding hydrogens is 562 g/mol. The molecule has 1 fully saturated rings. The lowest BCUT2D eigenvalue weighted by Crippen LogP contribution is -2.34. The number of benzene rings is 3. The maximum absolute atomic E-state index is 14.1. The lowest BCUT2D eigenvalue weighted by atomic mass is 10.00. The second-order valence-electron chi connectivity index (χ2n) is 10.6. The Kier molecular flexibility index (Phi) is 7.73. The first-order valence-corrected chi connectivity index (χ1v) is 14.9. The third kappa shape index (κ3) is 5.63. The van der Waals surface area contributed by atoms with E-state index in [1.165, 1.54) is 23.5 Å². The van der Waals surface area contributed by atoms with Gasteiger partial charge in [0.2, 0.25) is 17.5 Å². The van der Waals surface area contributed by atoms with Crippen LogP contribution in [-0.2, 0) is 11.2 Å². The molecule has 1 saturated carbocycles. The fourth-order valence-electron chi connectivity index (χ4n) is 5.29. The van der Waals surface area contributed by atoms with Crippen molar-refractivity contribution in [2.24, 2.45) is 5.92 Å². The van der Waals surface area contributed by atoms with Crippen molar-refractivity contribution in [2.45, 2.75) is 26.2 Å². The molecule has 8 nitrogen and oxygen atoms in total. The fourth-order valence-corrected chi connectivity index (χ4v) is 5.96. The highest BCUT2D eigenvalue weighted by atomic mass is 32.1. The van der Waals surface area contributed by atoms with Crippen LogP contribution in [0.15, 0.2) is 84.4 Å². The van der Waals surface area contributed by atoms with Crippen molar-refractivity contribution in [1.82, 2.24) is 9.55 Å². The number of carbonyl (C=O) groups excluding carboxylic acids is 4. The third-order valence-corrected chi connectivity index (χ3v) is 8.57. The average Bonchev–Trinajstić information content (AvgIpc) is 3.63. The molecular formula is C34H29N3O5S. The van der Waals surface area contributed by atoms with Gasteiger partial charge in [0, 0.05) is 45.9 Å². The molecule has 9 heteroatoms. The van der Waals surface area contributed by atoms with Crippen LogP contribution in [-0.4, -0.2) is 46.6 Å². The standard InChI is InChI=1S/C34H29N3O5S/c1-21-27(19-30(38)36(20-22-11-12-22)34-35-15-16-43-34)28-18-26(42-2)13-14-29(28)37(21)33(41)25-10-6-9-24(17-25)32(40)31(39)23-7-4-3-5-8-23/h3-10,13-18,22H,11-12,19-20H2,1-2H3. The Morgan fingerprint density at radius 1 is 0.930 bits per heavy atom. The van der Waals surface area contributed by atoms with Crippen molar-refractivity contribution in [3.05, 3.63) is 112 Å². The topological polar surface area (TPSA) is 98.6 Å². The van der Waals surface area contributed by atoms with E-state index in [9.17, 15) is 19.2 Å². The number of carbonyl (C=O) groups is 4. The maximum atomic E-state index is 14.1. The molecule has 0 spiro atoms. The highest BCUT2D eigenvalue weighted by Gasteiger charge is 2.30. The van der Waals surface area contributed by atoms with Gasteiger partial charge in [-0.1, -0.05) is 42.5 Å². The van der Waals surface area contributed by atoms with E-state index in [1.807, 2.05) is 18.4 Å². The van der Waals surface area contributed by atoms with Crippen LogP contribution in [0.3, 0.4) is 0 Å². The predicted molar refractivity (Wildman–Crippen MR) is 165 cm³/mol. The molecule has 6 rings (SSSR count). The van der Waals surface area contributed by atoms with Crippen LogP contribution in [0.4, 0.5) is 5.13 Å². The van der Waals surface area contributed by atoms with E-state index in [1.54, 1.807) is 77.4 Å². The summed E-state index contributed by atoms with van der Waals surface area (Å²) in [6.07, 6.45) is 3.96. The lowest BCUT2D eigenvalue weighted by Gasteiger charge is -2.20. The van der Waals surface area contributed by atoms with Gasteiger partial charge in [-0.25, -0.2) is 4.98 Å². The van der Waals surface area contributed by atoms with Crippen LogP contribution in [0.5, 0.6) is 5.75 Å². The molecule has 216 valence electrons. The number of anilines is 1. The van der Waals surface area contributed by atoms with Gasteiger partial charge < -0.3 is 4.74 Å². The molecule has 0 atom stereocenters. The number of thiazole rings is 1. The van der Waals surface area contributed by atoms with E-state index in [0.29, 0.717) is 34.6 Å². The Bertz CT molecular complexity index is 1860. The van der Waals surface area contributed by atoms with Gasteiger partial charge in [0.1, 0.15) is 5.75 Å². The summed E-state index contributed by atoms with van der Waals surface area (Å²) in [5.41, 5.74) is 2.61. The van der Waals surface area contributed by atoms with Crippen LogP contribution >= 0.6 is 11.3 Å². The summed E-state index contributed by atoms with van der Waals surface area (Å²) < 4.78 is 7.04. The number of methoxy groups -OCH3 is 1. The summed E-state index contributed by atoms with van der Waals surface area (Å²) >= 11 is 1.43. The monoisotopic (exact) mass is 591 g/mol. The normalized spacial score (nSPS) is 12.7. The minimum absolute atomic E-state index is 0.0756. The van der Waals surface area contributed by atoms with Crippen LogP contribution < -0.4 is 9.64 Å². The lowest BCUT2D eigenvalue weighted by molar-refractivity contribution is -0.118. The summed E-state index contributed by atoms with van der Waals surface area (Å²) in [6.45, 7) is 2.43. The Labute approximate surface area is 252 Å². The molecule has 0 radical (unpaired) electrons. The Morgan fingerprint density at radius 2 is 1.65 bits per heavy atom. The maximum Gasteiger partial charge on any atom is 0.262 e. The number of rotatable bonds is 10. The number of amides is 1. The Balaban J connectivity index is 1.36. The van der Waals surface area contributed by atoms with Crippen LogP contribution in [0.1, 0.15) is 55.2 Å². The first-order valence-electron chi connectivity index (χ1n) is 14.0. The van der Waals surface area contributed by atoms with E-state index < -0.39 is 11.6 Å². The first-order chi connectivity index (χ1) is 20.9. The minimum atomic E-state index is -0.691. The van der Waals surface area contributed by atoms with Crippen LogP contribution in [0.2, 0.25) is 0 Å². The molecule has 0 aliphatic heterocycles. The smallest absolute Gasteiger partial charge is 0.262 e. The molecule has 1 aliphatic rings. The minimum Gasteiger partial charge on any atom is -0.497 e.